The van der Waals surface area contributed by atoms with Gasteiger partial charge in [-0.15, -0.1) is 5.10 Å². The van der Waals surface area contributed by atoms with Crippen molar-refractivity contribution < 1.29 is 4.79 Å². The fourth-order valence-corrected chi connectivity index (χ4v) is 3.89. The Balaban J connectivity index is 1.96. The van der Waals surface area contributed by atoms with E-state index in [9.17, 15) is 4.79 Å². The van der Waals surface area contributed by atoms with E-state index in [4.69, 9.17) is 0 Å². The zero-order chi connectivity index (χ0) is 16.3. The average Bonchev–Trinajstić information content (AvgIpc) is 2.89. The molecule has 0 spiro atoms. The highest BCUT2D eigenvalue weighted by atomic mass is 79.9. The molecule has 0 saturated heterocycles. The molecule has 1 amide bonds. The summed E-state index contributed by atoms with van der Waals surface area (Å²) in [5, 5.41) is 10.5. The monoisotopic (exact) mass is 446 g/mol. The molecule has 2 aromatic rings. The summed E-state index contributed by atoms with van der Waals surface area (Å²) in [6, 6.07) is 3.86. The smallest absolute Gasteiger partial charge is 0.234 e. The summed E-state index contributed by atoms with van der Waals surface area (Å²) < 4.78 is 1.81. The molecule has 1 aromatic heterocycles. The van der Waals surface area contributed by atoms with Gasteiger partial charge in [0.2, 0.25) is 11.1 Å². The van der Waals surface area contributed by atoms with Gasteiger partial charge in [-0.25, -0.2) is 4.98 Å². The van der Waals surface area contributed by atoms with Crippen molar-refractivity contribution in [2.75, 3.05) is 11.1 Å². The Morgan fingerprint density at radius 3 is 2.73 bits per heavy atom. The molecule has 0 radical (unpaired) electrons. The SMILES string of the molecule is Cc1cc(Br)cc(Br)c1NC(=O)CSc1n[nH]c(C(C)C)n1. The third kappa shape index (κ3) is 4.57. The maximum absolute atomic E-state index is 12.1. The van der Waals surface area contributed by atoms with Gasteiger partial charge in [0.25, 0.3) is 0 Å². The highest BCUT2D eigenvalue weighted by Gasteiger charge is 2.12. The van der Waals surface area contributed by atoms with Crippen LogP contribution < -0.4 is 5.32 Å². The van der Waals surface area contributed by atoms with E-state index in [1.165, 1.54) is 11.8 Å². The second-order valence-corrected chi connectivity index (χ2v) is 7.79. The number of carbonyl (C=O) groups excluding carboxylic acids is 1. The maximum atomic E-state index is 12.1. The molecule has 1 aromatic carbocycles. The number of halogens is 2. The number of amides is 1. The van der Waals surface area contributed by atoms with Crippen LogP contribution in [0.5, 0.6) is 0 Å². The second kappa shape index (κ2) is 7.61. The van der Waals surface area contributed by atoms with Crippen molar-refractivity contribution in [3.63, 3.8) is 0 Å². The van der Waals surface area contributed by atoms with Crippen molar-refractivity contribution in [1.82, 2.24) is 15.2 Å². The number of nitrogens with zero attached hydrogens (tertiary/aromatic N) is 2. The van der Waals surface area contributed by atoms with Gasteiger partial charge < -0.3 is 5.32 Å². The normalized spacial score (nSPS) is 11.0. The van der Waals surface area contributed by atoms with Crippen molar-refractivity contribution in [3.8, 4) is 0 Å². The highest BCUT2D eigenvalue weighted by Crippen LogP contribution is 2.30. The molecular formula is C14H16Br2N4OS. The Kier molecular flexibility index (Phi) is 6.05. The Labute approximate surface area is 150 Å². The van der Waals surface area contributed by atoms with Crippen LogP contribution in [0.1, 0.15) is 31.2 Å². The largest absolute Gasteiger partial charge is 0.324 e. The molecule has 118 valence electrons. The van der Waals surface area contributed by atoms with Gasteiger partial charge in [0.1, 0.15) is 5.82 Å². The minimum Gasteiger partial charge on any atom is -0.324 e. The van der Waals surface area contributed by atoms with E-state index in [2.05, 4.69) is 52.4 Å². The third-order valence-electron chi connectivity index (χ3n) is 2.88. The second-order valence-electron chi connectivity index (χ2n) is 5.07. The van der Waals surface area contributed by atoms with Crippen LogP contribution in [0.3, 0.4) is 0 Å². The molecule has 0 aliphatic heterocycles. The van der Waals surface area contributed by atoms with Crippen molar-refractivity contribution in [2.24, 2.45) is 0 Å². The van der Waals surface area contributed by atoms with E-state index in [-0.39, 0.29) is 17.6 Å². The summed E-state index contributed by atoms with van der Waals surface area (Å²) >= 11 is 8.19. The van der Waals surface area contributed by atoms with E-state index in [0.717, 1.165) is 26.0 Å². The molecule has 0 unspecified atom stereocenters. The summed E-state index contributed by atoms with van der Waals surface area (Å²) in [6.45, 7) is 6.02. The van der Waals surface area contributed by atoms with Crippen LogP contribution in [0.15, 0.2) is 26.2 Å². The highest BCUT2D eigenvalue weighted by molar-refractivity contribution is 9.11. The lowest BCUT2D eigenvalue weighted by Gasteiger charge is -2.10. The van der Waals surface area contributed by atoms with Gasteiger partial charge in [-0.3, -0.25) is 9.89 Å². The lowest BCUT2D eigenvalue weighted by Crippen LogP contribution is -2.15. The summed E-state index contributed by atoms with van der Waals surface area (Å²) in [5.74, 6) is 1.29. The molecule has 0 aliphatic carbocycles. The zero-order valence-electron chi connectivity index (χ0n) is 12.4. The number of nitrogens with one attached hydrogen (secondary N) is 2. The first kappa shape index (κ1) is 17.5. The van der Waals surface area contributed by atoms with Crippen LogP contribution in [-0.2, 0) is 4.79 Å². The number of aryl methyl sites for hydroxylation is 1. The molecule has 0 bridgehead atoms. The van der Waals surface area contributed by atoms with Gasteiger partial charge in [0.15, 0.2) is 0 Å². The van der Waals surface area contributed by atoms with Crippen molar-refractivity contribution in [2.45, 2.75) is 31.8 Å². The van der Waals surface area contributed by atoms with Crippen LogP contribution in [0.4, 0.5) is 5.69 Å². The standard InChI is InChI=1S/C14H16Br2N4OS/c1-7(2)13-18-14(20-19-13)22-6-11(21)17-12-8(3)4-9(15)5-10(12)16/h4-5,7H,6H2,1-3H3,(H,17,21)(H,18,19,20). The number of H-pyrrole nitrogens is 1. The molecule has 0 atom stereocenters. The van der Waals surface area contributed by atoms with E-state index < -0.39 is 0 Å². The van der Waals surface area contributed by atoms with Crippen molar-refractivity contribution in [3.05, 3.63) is 32.5 Å². The molecular weight excluding hydrogens is 432 g/mol. The molecule has 5 nitrogen and oxygen atoms in total. The minimum atomic E-state index is -0.0907. The number of hydrogen-bond donors (Lipinski definition) is 2. The average molecular weight is 448 g/mol. The van der Waals surface area contributed by atoms with Crippen LogP contribution in [0.2, 0.25) is 0 Å². The molecule has 2 N–H and O–H groups in total. The molecule has 0 fully saturated rings. The van der Waals surface area contributed by atoms with Crippen LogP contribution >= 0.6 is 43.6 Å². The molecule has 2 rings (SSSR count). The first-order chi connectivity index (χ1) is 10.4. The van der Waals surface area contributed by atoms with Crippen LogP contribution in [0, 0.1) is 6.92 Å². The molecule has 8 heteroatoms. The van der Waals surface area contributed by atoms with E-state index in [0.29, 0.717) is 5.16 Å². The van der Waals surface area contributed by atoms with Gasteiger partial charge >= 0.3 is 0 Å². The Bertz CT molecular complexity index is 664. The number of carbonyl (C=O) groups is 1. The zero-order valence-corrected chi connectivity index (χ0v) is 16.4. The lowest BCUT2D eigenvalue weighted by molar-refractivity contribution is -0.113. The molecule has 0 saturated carbocycles. The Hall–Kier alpha value is -0.860. The van der Waals surface area contributed by atoms with Gasteiger partial charge in [-0.2, -0.15) is 0 Å². The summed E-state index contributed by atoms with van der Waals surface area (Å²) in [5.41, 5.74) is 1.77. The predicted molar refractivity (Wildman–Crippen MR) is 96.4 cm³/mol. The van der Waals surface area contributed by atoms with Gasteiger partial charge in [0.05, 0.1) is 11.4 Å². The fraction of sp³-hybridized carbons (Fsp3) is 0.357. The topological polar surface area (TPSA) is 70.7 Å². The molecule has 1 heterocycles. The third-order valence-corrected chi connectivity index (χ3v) is 4.81. The van der Waals surface area contributed by atoms with E-state index in [1.54, 1.807) is 0 Å². The summed E-state index contributed by atoms with van der Waals surface area (Å²) in [4.78, 5) is 16.4. The minimum absolute atomic E-state index is 0.0907. The predicted octanol–water partition coefficient (Wildman–Crippen LogP) is 4.49. The quantitative estimate of drug-likeness (QED) is 0.662. The molecule has 0 aliphatic rings. The lowest BCUT2D eigenvalue weighted by atomic mass is 10.2. The maximum Gasteiger partial charge on any atom is 0.234 e. The number of aromatic nitrogens is 3. The number of anilines is 1. The number of rotatable bonds is 5. The summed E-state index contributed by atoms with van der Waals surface area (Å²) in [6.07, 6.45) is 0. The molecule has 22 heavy (non-hydrogen) atoms. The summed E-state index contributed by atoms with van der Waals surface area (Å²) in [7, 11) is 0. The van der Waals surface area contributed by atoms with Crippen molar-refractivity contribution in [1.29, 1.82) is 0 Å². The Morgan fingerprint density at radius 2 is 2.14 bits per heavy atom. The first-order valence-electron chi connectivity index (χ1n) is 6.67. The first-order valence-corrected chi connectivity index (χ1v) is 9.24. The van der Waals surface area contributed by atoms with Crippen LogP contribution in [0.25, 0.3) is 0 Å². The van der Waals surface area contributed by atoms with E-state index in [1.807, 2.05) is 32.9 Å². The number of hydrogen-bond acceptors (Lipinski definition) is 4. The van der Waals surface area contributed by atoms with Crippen LogP contribution in [-0.4, -0.2) is 26.8 Å². The number of aromatic amines is 1. The number of thioether (sulfide) groups is 1. The fourth-order valence-electron chi connectivity index (χ4n) is 1.75. The van der Waals surface area contributed by atoms with Gasteiger partial charge in [-0.1, -0.05) is 41.5 Å². The van der Waals surface area contributed by atoms with Gasteiger partial charge in [0, 0.05) is 14.9 Å². The Morgan fingerprint density at radius 1 is 1.41 bits per heavy atom. The number of benzene rings is 1. The van der Waals surface area contributed by atoms with Gasteiger partial charge in [-0.05, 0) is 40.5 Å². The van der Waals surface area contributed by atoms with E-state index >= 15 is 0 Å². The van der Waals surface area contributed by atoms with Crippen molar-refractivity contribution >= 4 is 55.2 Å².